The molecule has 4 unspecified atom stereocenters. The van der Waals surface area contributed by atoms with E-state index in [1.165, 1.54) is 17.0 Å². The van der Waals surface area contributed by atoms with Crippen LogP contribution in [0.1, 0.15) is 36.8 Å². The van der Waals surface area contributed by atoms with Gasteiger partial charge in [0.1, 0.15) is 23.9 Å². The van der Waals surface area contributed by atoms with E-state index in [4.69, 9.17) is 11.5 Å². The van der Waals surface area contributed by atoms with E-state index in [1.54, 1.807) is 18.3 Å². The van der Waals surface area contributed by atoms with Crippen LogP contribution in [-0.2, 0) is 36.8 Å². The number of H-pyrrole nitrogens is 1. The van der Waals surface area contributed by atoms with Crippen molar-refractivity contribution in [1.29, 1.82) is 0 Å². The number of likely N-dealkylation sites (tertiary alicyclic amines) is 1. The van der Waals surface area contributed by atoms with Crippen LogP contribution in [0.15, 0.2) is 54.7 Å². The number of nitrogens with one attached hydrogen (secondary N) is 3. The Morgan fingerprint density at radius 3 is 2.37 bits per heavy atom. The van der Waals surface area contributed by atoms with Gasteiger partial charge >= 0.3 is 5.97 Å². The minimum absolute atomic E-state index is 0.0499. The smallest absolute Gasteiger partial charge is 0.326 e. The average Bonchev–Trinajstić information content (AvgIpc) is 3.63. The lowest BCUT2D eigenvalue weighted by atomic mass is 10.0. The molecule has 4 rings (SSSR count). The molecule has 0 saturated carbocycles. The predicted molar refractivity (Wildman–Crippen MR) is 156 cm³/mol. The summed E-state index contributed by atoms with van der Waals surface area (Å²) in [7, 11) is 0. The van der Waals surface area contributed by atoms with Crippen LogP contribution >= 0.6 is 0 Å². The van der Waals surface area contributed by atoms with E-state index in [-0.39, 0.29) is 38.0 Å². The van der Waals surface area contributed by atoms with Gasteiger partial charge in [0.25, 0.3) is 0 Å². The third kappa shape index (κ3) is 7.89. The van der Waals surface area contributed by atoms with Crippen LogP contribution in [0.5, 0.6) is 5.75 Å². The van der Waals surface area contributed by atoms with Gasteiger partial charge in [-0.3, -0.25) is 19.2 Å². The number of hydrogen-bond acceptors (Lipinski definition) is 7. The first-order valence-electron chi connectivity index (χ1n) is 14.0. The van der Waals surface area contributed by atoms with Crippen molar-refractivity contribution in [3.8, 4) is 5.75 Å². The Bertz CT molecular complexity index is 1490. The summed E-state index contributed by atoms with van der Waals surface area (Å²) in [5.74, 6) is -3.72. The van der Waals surface area contributed by atoms with Gasteiger partial charge in [-0.2, -0.15) is 0 Å². The van der Waals surface area contributed by atoms with Crippen molar-refractivity contribution in [2.24, 2.45) is 11.5 Å². The summed E-state index contributed by atoms with van der Waals surface area (Å²) in [4.78, 5) is 68.1. The second kappa shape index (κ2) is 13.8. The quantitative estimate of drug-likeness (QED) is 0.146. The van der Waals surface area contributed by atoms with Crippen molar-refractivity contribution in [3.05, 3.63) is 65.9 Å². The van der Waals surface area contributed by atoms with Gasteiger partial charge in [0.2, 0.25) is 23.6 Å². The van der Waals surface area contributed by atoms with Gasteiger partial charge in [-0.05, 0) is 55.0 Å². The van der Waals surface area contributed by atoms with Gasteiger partial charge in [-0.1, -0.05) is 30.3 Å². The second-order valence-corrected chi connectivity index (χ2v) is 10.7. The molecule has 2 heterocycles. The Hall–Kier alpha value is -4.91. The second-order valence-electron chi connectivity index (χ2n) is 10.7. The number of nitrogens with two attached hydrogens (primary N) is 2. The van der Waals surface area contributed by atoms with Gasteiger partial charge in [0.05, 0.1) is 6.04 Å². The number of carboxylic acids is 1. The maximum absolute atomic E-state index is 13.7. The number of rotatable bonds is 13. The molecule has 13 heteroatoms. The van der Waals surface area contributed by atoms with Gasteiger partial charge in [-0.15, -0.1) is 0 Å². The minimum Gasteiger partial charge on any atom is -0.508 e. The van der Waals surface area contributed by atoms with Crippen LogP contribution in [0.25, 0.3) is 10.9 Å². The van der Waals surface area contributed by atoms with Crippen molar-refractivity contribution < 1.29 is 34.2 Å². The van der Waals surface area contributed by atoms with E-state index >= 15 is 0 Å². The maximum Gasteiger partial charge on any atom is 0.326 e. The van der Waals surface area contributed by atoms with Crippen molar-refractivity contribution in [2.45, 2.75) is 62.7 Å². The van der Waals surface area contributed by atoms with Gasteiger partial charge < -0.3 is 42.2 Å². The number of carbonyl (C=O) groups excluding carboxylic acids is 4. The number of hydrogen-bond donors (Lipinski definition) is 7. The molecule has 4 amide bonds. The van der Waals surface area contributed by atoms with Gasteiger partial charge in [-0.25, -0.2) is 4.79 Å². The number of phenols is 1. The number of aromatic nitrogens is 1. The van der Waals surface area contributed by atoms with E-state index in [0.717, 1.165) is 16.5 Å². The number of carboxylic acid groups (broad SMARTS) is 1. The Labute approximate surface area is 247 Å². The third-order valence-corrected chi connectivity index (χ3v) is 7.58. The molecule has 4 atom stereocenters. The van der Waals surface area contributed by atoms with Crippen molar-refractivity contribution in [3.63, 3.8) is 0 Å². The van der Waals surface area contributed by atoms with E-state index in [9.17, 15) is 34.2 Å². The molecule has 3 aromatic rings. The molecule has 228 valence electrons. The van der Waals surface area contributed by atoms with E-state index in [0.29, 0.717) is 18.4 Å². The first-order chi connectivity index (χ1) is 20.5. The molecule has 2 aromatic carbocycles. The minimum atomic E-state index is -1.25. The highest BCUT2D eigenvalue weighted by atomic mass is 16.4. The van der Waals surface area contributed by atoms with Crippen molar-refractivity contribution >= 4 is 40.5 Å². The summed E-state index contributed by atoms with van der Waals surface area (Å²) < 4.78 is 0. The van der Waals surface area contributed by atoms with Crippen LogP contribution in [0.3, 0.4) is 0 Å². The molecule has 1 fully saturated rings. The summed E-state index contributed by atoms with van der Waals surface area (Å²) >= 11 is 0. The van der Waals surface area contributed by atoms with Crippen molar-refractivity contribution in [2.75, 3.05) is 6.54 Å². The summed E-state index contributed by atoms with van der Waals surface area (Å²) in [6.45, 7) is 0.226. The molecule has 0 radical (unpaired) electrons. The van der Waals surface area contributed by atoms with E-state index in [1.807, 2.05) is 24.3 Å². The lowest BCUT2D eigenvalue weighted by molar-refractivity contribution is -0.149. The number of primary amides is 1. The Kier molecular flexibility index (Phi) is 9.99. The maximum atomic E-state index is 13.7. The lowest BCUT2D eigenvalue weighted by Crippen LogP contribution is -2.58. The van der Waals surface area contributed by atoms with Crippen LogP contribution in [-0.4, -0.2) is 80.4 Å². The van der Waals surface area contributed by atoms with E-state index in [2.05, 4.69) is 15.6 Å². The molecular formula is C30H36N6O7. The number of aliphatic carboxylic acids is 1. The fourth-order valence-electron chi connectivity index (χ4n) is 5.29. The number of aromatic hydroxyl groups is 1. The molecule has 1 aromatic heterocycles. The Balaban J connectivity index is 1.55. The topological polar surface area (TPSA) is 221 Å². The van der Waals surface area contributed by atoms with Crippen molar-refractivity contribution in [1.82, 2.24) is 20.5 Å². The molecule has 0 bridgehead atoms. The molecular weight excluding hydrogens is 556 g/mol. The van der Waals surface area contributed by atoms with Crippen LogP contribution in [0.2, 0.25) is 0 Å². The van der Waals surface area contributed by atoms with Crippen LogP contribution < -0.4 is 22.1 Å². The molecule has 0 aliphatic carbocycles. The SMILES string of the molecule is NC(=O)CCC(NC(=O)C(N)Cc1ccc(O)cc1)C(=O)NC(Cc1c[nH]c2ccccc12)C(=O)N1CCCC1C(=O)O. The van der Waals surface area contributed by atoms with E-state index < -0.39 is 53.8 Å². The summed E-state index contributed by atoms with van der Waals surface area (Å²) in [5.41, 5.74) is 13.6. The number of carbonyl (C=O) groups is 5. The van der Waals surface area contributed by atoms with Crippen LogP contribution in [0.4, 0.5) is 0 Å². The van der Waals surface area contributed by atoms with Gasteiger partial charge in [0.15, 0.2) is 0 Å². The Morgan fingerprint density at radius 1 is 0.977 bits per heavy atom. The average molecular weight is 593 g/mol. The number of phenolic OH excluding ortho intramolecular Hbond substituents is 1. The fourth-order valence-corrected chi connectivity index (χ4v) is 5.29. The molecule has 9 N–H and O–H groups in total. The molecule has 1 saturated heterocycles. The monoisotopic (exact) mass is 592 g/mol. The fraction of sp³-hybridized carbons (Fsp3) is 0.367. The lowest BCUT2D eigenvalue weighted by Gasteiger charge is -2.29. The molecule has 43 heavy (non-hydrogen) atoms. The molecule has 13 nitrogen and oxygen atoms in total. The number of fused-ring (bicyclic) bond motifs is 1. The Morgan fingerprint density at radius 2 is 1.67 bits per heavy atom. The first kappa shape index (κ1) is 31.0. The zero-order valence-corrected chi connectivity index (χ0v) is 23.5. The molecule has 1 aliphatic heterocycles. The first-order valence-corrected chi connectivity index (χ1v) is 14.0. The van der Waals surface area contributed by atoms with Crippen LogP contribution in [0, 0.1) is 0 Å². The number of aromatic amines is 1. The molecule has 1 aliphatic rings. The summed E-state index contributed by atoms with van der Waals surface area (Å²) in [6.07, 6.45) is 2.33. The summed E-state index contributed by atoms with van der Waals surface area (Å²) in [6, 6.07) is 9.09. The highest BCUT2D eigenvalue weighted by Crippen LogP contribution is 2.23. The number of nitrogens with zero attached hydrogens (tertiary/aromatic N) is 1. The highest BCUT2D eigenvalue weighted by Gasteiger charge is 2.38. The highest BCUT2D eigenvalue weighted by molar-refractivity contribution is 5.95. The standard InChI is InChI=1S/C30H36N6O7/c31-21(14-17-7-9-19(37)10-8-17)27(39)34-23(11-12-26(32)38)28(40)35-24(29(41)36-13-3-6-25(36)30(42)43)15-18-16-33-22-5-2-1-4-20(18)22/h1-2,4-5,7-10,16,21,23-25,33,37H,3,6,11-15,31H2,(H2,32,38)(H,34,39)(H,35,40)(H,42,43). The van der Waals surface area contributed by atoms with Gasteiger partial charge in [0, 0.05) is 36.5 Å². The third-order valence-electron chi connectivity index (χ3n) is 7.58. The zero-order chi connectivity index (χ0) is 31.1. The predicted octanol–water partition coefficient (Wildman–Crippen LogP) is 0.297. The zero-order valence-electron chi connectivity index (χ0n) is 23.5. The molecule has 0 spiro atoms. The number of para-hydroxylation sites is 1. The largest absolute Gasteiger partial charge is 0.508 e. The number of amides is 4. The summed E-state index contributed by atoms with van der Waals surface area (Å²) in [5, 5.41) is 25.3. The number of benzene rings is 2. The normalized spacial score (nSPS) is 16.8.